The van der Waals surface area contributed by atoms with Crippen LogP contribution in [0, 0.1) is 5.92 Å². The molecule has 0 saturated heterocycles. The molecule has 0 radical (unpaired) electrons. The second-order valence-electron chi connectivity index (χ2n) is 7.60. The molecule has 6 heteroatoms. The van der Waals surface area contributed by atoms with Gasteiger partial charge in [0.25, 0.3) is 5.91 Å². The second-order valence-corrected chi connectivity index (χ2v) is 8.04. The second kappa shape index (κ2) is 7.41. The van der Waals surface area contributed by atoms with Crippen molar-refractivity contribution in [3.8, 4) is 5.75 Å². The normalized spacial score (nSPS) is 21.0. The van der Waals surface area contributed by atoms with Gasteiger partial charge in [-0.3, -0.25) is 4.79 Å². The van der Waals surface area contributed by atoms with Crippen LogP contribution in [0.3, 0.4) is 0 Å². The largest absolute Gasteiger partial charge is 0.489 e. The van der Waals surface area contributed by atoms with E-state index in [2.05, 4.69) is 17.6 Å². The van der Waals surface area contributed by atoms with Gasteiger partial charge in [-0.05, 0) is 68.1 Å². The maximum atomic E-state index is 12.6. The minimum atomic E-state index is -0.312. The van der Waals surface area contributed by atoms with E-state index in [9.17, 15) is 4.79 Å². The number of rotatable bonds is 6. The van der Waals surface area contributed by atoms with Crippen molar-refractivity contribution >= 4 is 28.9 Å². The molecule has 142 valence electrons. The highest BCUT2D eigenvalue weighted by Gasteiger charge is 2.32. The minimum Gasteiger partial charge on any atom is -0.489 e. The van der Waals surface area contributed by atoms with Crippen molar-refractivity contribution in [2.45, 2.75) is 25.3 Å². The van der Waals surface area contributed by atoms with E-state index in [1.807, 2.05) is 12.1 Å². The number of benzene rings is 2. The number of carbonyl (C=O) groups excluding carboxylic acids is 1. The molecule has 0 aromatic heterocycles. The number of halogens is 1. The van der Waals surface area contributed by atoms with Crippen LogP contribution in [0.1, 0.15) is 30.1 Å². The quantitative estimate of drug-likeness (QED) is 0.762. The van der Waals surface area contributed by atoms with Crippen LogP contribution in [-0.2, 0) is 4.74 Å². The molecule has 1 unspecified atom stereocenters. The fourth-order valence-electron chi connectivity index (χ4n) is 3.04. The lowest BCUT2D eigenvalue weighted by molar-refractivity contribution is 0.0667. The summed E-state index contributed by atoms with van der Waals surface area (Å²) in [5.74, 6) is 1.30. The predicted molar refractivity (Wildman–Crippen MR) is 107 cm³/mol. The lowest BCUT2D eigenvalue weighted by Crippen LogP contribution is -2.48. The molecule has 0 spiro atoms. The third-order valence-corrected chi connectivity index (χ3v) is 5.05. The molecule has 1 saturated carbocycles. The van der Waals surface area contributed by atoms with Crippen molar-refractivity contribution in [1.82, 2.24) is 0 Å². The summed E-state index contributed by atoms with van der Waals surface area (Å²) in [7, 11) is 0. The molecule has 27 heavy (non-hydrogen) atoms. The zero-order valence-electron chi connectivity index (χ0n) is 15.3. The molecule has 1 heterocycles. The average molecular weight is 387 g/mol. The zero-order chi connectivity index (χ0) is 18.9. The number of carbonyl (C=O) groups is 1. The average Bonchev–Trinajstić information content (AvgIpc) is 3.47. The van der Waals surface area contributed by atoms with Gasteiger partial charge in [-0.2, -0.15) is 0 Å². The summed E-state index contributed by atoms with van der Waals surface area (Å²) in [5, 5.41) is 6.99. The van der Waals surface area contributed by atoms with Crippen molar-refractivity contribution < 1.29 is 14.3 Å². The van der Waals surface area contributed by atoms with Crippen LogP contribution in [-0.4, -0.2) is 31.3 Å². The Bertz CT molecular complexity index is 836. The Morgan fingerprint density at radius 2 is 2.07 bits per heavy atom. The monoisotopic (exact) mass is 386 g/mol. The first-order valence-corrected chi connectivity index (χ1v) is 9.58. The van der Waals surface area contributed by atoms with Crippen LogP contribution >= 0.6 is 11.6 Å². The van der Waals surface area contributed by atoms with Crippen molar-refractivity contribution in [2.75, 3.05) is 30.5 Å². The van der Waals surface area contributed by atoms with Crippen LogP contribution in [0.4, 0.5) is 11.4 Å². The summed E-state index contributed by atoms with van der Waals surface area (Å²) in [6, 6.07) is 12.4. The highest BCUT2D eigenvalue weighted by atomic mass is 35.5. The number of ether oxygens (including phenoxy) is 2. The highest BCUT2D eigenvalue weighted by Crippen LogP contribution is 2.34. The maximum Gasteiger partial charge on any atom is 0.255 e. The van der Waals surface area contributed by atoms with E-state index in [1.165, 1.54) is 12.8 Å². The van der Waals surface area contributed by atoms with Gasteiger partial charge in [-0.15, -0.1) is 0 Å². The number of hydrogen-bond donors (Lipinski definition) is 2. The molecule has 2 N–H and O–H groups in total. The van der Waals surface area contributed by atoms with Crippen molar-refractivity contribution in [3.63, 3.8) is 0 Å². The number of anilines is 2. The smallest absolute Gasteiger partial charge is 0.255 e. The molecule has 1 atom stereocenters. The molecule has 1 amide bonds. The van der Waals surface area contributed by atoms with E-state index >= 15 is 0 Å². The first kappa shape index (κ1) is 18.1. The predicted octanol–water partition coefficient (Wildman–Crippen LogP) is 4.58. The van der Waals surface area contributed by atoms with Gasteiger partial charge in [0.05, 0.1) is 17.8 Å². The number of amides is 1. The Morgan fingerprint density at radius 1 is 1.30 bits per heavy atom. The molecule has 2 aromatic rings. The molecular formula is C21H23ClN2O3. The van der Waals surface area contributed by atoms with Gasteiger partial charge in [0.2, 0.25) is 0 Å². The minimum absolute atomic E-state index is 0.181. The lowest BCUT2D eigenvalue weighted by Gasteiger charge is -2.36. The molecule has 2 aliphatic rings. The maximum absolute atomic E-state index is 12.6. The fraction of sp³-hybridized carbons (Fsp3) is 0.381. The van der Waals surface area contributed by atoms with E-state index in [0.29, 0.717) is 29.5 Å². The van der Waals surface area contributed by atoms with Gasteiger partial charge in [-0.1, -0.05) is 11.6 Å². The van der Waals surface area contributed by atoms with Crippen molar-refractivity contribution in [1.29, 1.82) is 0 Å². The Kier molecular flexibility index (Phi) is 4.98. The van der Waals surface area contributed by atoms with Crippen LogP contribution < -0.4 is 15.4 Å². The third-order valence-electron chi connectivity index (χ3n) is 4.80. The molecule has 1 aliphatic carbocycles. The van der Waals surface area contributed by atoms with Crippen molar-refractivity contribution in [3.05, 3.63) is 53.1 Å². The lowest BCUT2D eigenvalue weighted by atomic mass is 10.0. The standard InChI is InChI=1S/C21H23ClN2O3/c1-21(12-26-11-14-2-3-14)13-27-19-9-4-15(10-18(19)24-21)20(25)23-17-7-5-16(22)6-8-17/h4-10,14,24H,2-3,11-13H2,1H3,(H,23,25). The van der Waals surface area contributed by atoms with E-state index in [4.69, 9.17) is 21.1 Å². The molecule has 1 aliphatic heterocycles. The van der Waals surface area contributed by atoms with E-state index in [-0.39, 0.29) is 11.4 Å². The third kappa shape index (κ3) is 4.54. The topological polar surface area (TPSA) is 59.6 Å². The van der Waals surface area contributed by atoms with E-state index in [0.717, 1.165) is 24.0 Å². The van der Waals surface area contributed by atoms with Crippen LogP contribution in [0.2, 0.25) is 5.02 Å². The van der Waals surface area contributed by atoms with Gasteiger partial charge in [0.1, 0.15) is 12.4 Å². The summed E-state index contributed by atoms with van der Waals surface area (Å²) in [6.45, 7) is 3.99. The van der Waals surface area contributed by atoms with Gasteiger partial charge in [0.15, 0.2) is 0 Å². The summed E-state index contributed by atoms with van der Waals surface area (Å²) in [4.78, 5) is 12.6. The van der Waals surface area contributed by atoms with Gasteiger partial charge in [-0.25, -0.2) is 0 Å². The summed E-state index contributed by atoms with van der Waals surface area (Å²) in [6.07, 6.45) is 2.55. The molecule has 1 fully saturated rings. The van der Waals surface area contributed by atoms with Crippen LogP contribution in [0.5, 0.6) is 5.75 Å². The Morgan fingerprint density at radius 3 is 2.81 bits per heavy atom. The summed E-state index contributed by atoms with van der Waals surface area (Å²) in [5.41, 5.74) is 1.75. The van der Waals surface area contributed by atoms with Crippen LogP contribution in [0.25, 0.3) is 0 Å². The summed E-state index contributed by atoms with van der Waals surface area (Å²) >= 11 is 5.88. The Balaban J connectivity index is 1.43. The first-order chi connectivity index (χ1) is 13.0. The van der Waals surface area contributed by atoms with E-state index < -0.39 is 0 Å². The van der Waals surface area contributed by atoms with Gasteiger partial charge >= 0.3 is 0 Å². The molecule has 5 nitrogen and oxygen atoms in total. The van der Waals surface area contributed by atoms with Crippen molar-refractivity contribution in [2.24, 2.45) is 5.92 Å². The number of fused-ring (bicyclic) bond motifs is 1. The Hall–Kier alpha value is -2.24. The van der Waals surface area contributed by atoms with Gasteiger partial charge in [0, 0.05) is 22.9 Å². The van der Waals surface area contributed by atoms with Gasteiger partial charge < -0.3 is 20.1 Å². The molecule has 4 rings (SSSR count). The highest BCUT2D eigenvalue weighted by molar-refractivity contribution is 6.30. The molecule has 2 aromatic carbocycles. The zero-order valence-corrected chi connectivity index (χ0v) is 16.0. The Labute approximate surface area is 164 Å². The molecular weight excluding hydrogens is 364 g/mol. The fourth-order valence-corrected chi connectivity index (χ4v) is 3.17. The SMILES string of the molecule is CC1(COCC2CC2)COc2ccc(C(=O)Nc3ccc(Cl)cc3)cc2N1. The summed E-state index contributed by atoms with van der Waals surface area (Å²) < 4.78 is 11.7. The number of hydrogen-bond acceptors (Lipinski definition) is 4. The first-order valence-electron chi connectivity index (χ1n) is 9.20. The molecule has 0 bridgehead atoms. The van der Waals surface area contributed by atoms with E-state index in [1.54, 1.807) is 30.3 Å². The number of nitrogens with one attached hydrogen (secondary N) is 2. The van der Waals surface area contributed by atoms with Crippen LogP contribution in [0.15, 0.2) is 42.5 Å².